The third kappa shape index (κ3) is 2.65. The van der Waals surface area contributed by atoms with Crippen molar-refractivity contribution in [3.05, 3.63) is 29.8 Å². The number of hydrogen-bond acceptors (Lipinski definition) is 5. The monoisotopic (exact) mass is 362 g/mol. The number of rotatable bonds is 3. The molecule has 0 radical (unpaired) electrons. The summed E-state index contributed by atoms with van der Waals surface area (Å²) in [5, 5.41) is 0. The van der Waals surface area contributed by atoms with E-state index >= 15 is 0 Å². The number of benzene rings is 1. The summed E-state index contributed by atoms with van der Waals surface area (Å²) in [5.74, 6) is 0. The van der Waals surface area contributed by atoms with Crippen LogP contribution in [0, 0.1) is 6.92 Å². The molecule has 3 rings (SSSR count). The molecule has 0 aromatic heterocycles. The Morgan fingerprint density at radius 1 is 1.15 bits per heavy atom. The van der Waals surface area contributed by atoms with Crippen molar-refractivity contribution in [3.63, 3.8) is 0 Å². The van der Waals surface area contributed by atoms with Gasteiger partial charge >= 0.3 is 0 Å². The number of aryl methyl sites for hydroxylation is 1. The van der Waals surface area contributed by atoms with Crippen molar-refractivity contribution in [2.45, 2.75) is 35.0 Å². The van der Waals surface area contributed by atoms with Gasteiger partial charge in [-0.3, -0.25) is 4.18 Å². The number of hydrogen-bond donors (Lipinski definition) is 0. The normalized spacial score (nSPS) is 33.3. The van der Waals surface area contributed by atoms with Gasteiger partial charge in [0.1, 0.15) is 18.3 Å². The molecule has 2 heterocycles. The minimum atomic E-state index is -3.79. The predicted octanol–water partition coefficient (Wildman–Crippen LogP) is 1.63. The number of alkyl halides is 1. The van der Waals surface area contributed by atoms with Crippen LogP contribution >= 0.6 is 15.9 Å². The first kappa shape index (κ1) is 14.5. The molecule has 0 saturated carbocycles. The molecule has 1 unspecified atom stereocenters. The molecule has 0 amide bonds. The molecule has 20 heavy (non-hydrogen) atoms. The van der Waals surface area contributed by atoms with Gasteiger partial charge in [-0.15, -0.1) is 0 Å². The van der Waals surface area contributed by atoms with Gasteiger partial charge in [0.15, 0.2) is 0 Å². The van der Waals surface area contributed by atoms with E-state index in [9.17, 15) is 8.42 Å². The molecule has 4 atom stereocenters. The van der Waals surface area contributed by atoms with Crippen molar-refractivity contribution >= 4 is 26.0 Å². The molecule has 2 saturated heterocycles. The fourth-order valence-corrected chi connectivity index (χ4v) is 4.10. The second kappa shape index (κ2) is 5.38. The molecular formula is C13H15BrO5S. The summed E-state index contributed by atoms with van der Waals surface area (Å²) in [6, 6.07) is 6.57. The summed E-state index contributed by atoms with van der Waals surface area (Å²) in [6.07, 6.45) is -1.07. The van der Waals surface area contributed by atoms with E-state index in [0.717, 1.165) is 5.56 Å². The van der Waals surface area contributed by atoms with Crippen LogP contribution in [-0.2, 0) is 23.8 Å². The highest BCUT2D eigenvalue weighted by molar-refractivity contribution is 9.09. The van der Waals surface area contributed by atoms with Crippen molar-refractivity contribution in [1.29, 1.82) is 0 Å². The Hall–Kier alpha value is -0.470. The van der Waals surface area contributed by atoms with Crippen LogP contribution in [0.25, 0.3) is 0 Å². The highest BCUT2D eigenvalue weighted by Crippen LogP contribution is 2.33. The molecule has 1 aromatic carbocycles. The molecule has 110 valence electrons. The van der Waals surface area contributed by atoms with Gasteiger partial charge in [-0.25, -0.2) is 0 Å². The summed E-state index contributed by atoms with van der Waals surface area (Å²) in [5.41, 5.74) is 0.995. The second-order valence-corrected chi connectivity index (χ2v) is 7.76. The molecule has 0 spiro atoms. The van der Waals surface area contributed by atoms with E-state index in [0.29, 0.717) is 6.61 Å². The first-order valence-electron chi connectivity index (χ1n) is 6.34. The topological polar surface area (TPSA) is 61.8 Å². The summed E-state index contributed by atoms with van der Waals surface area (Å²) >= 11 is 3.45. The maximum absolute atomic E-state index is 12.2. The maximum atomic E-state index is 12.2. The van der Waals surface area contributed by atoms with Gasteiger partial charge in [-0.05, 0) is 19.1 Å². The molecule has 5 nitrogen and oxygen atoms in total. The molecular weight excluding hydrogens is 348 g/mol. The third-order valence-corrected chi connectivity index (χ3v) is 5.64. The van der Waals surface area contributed by atoms with Crippen LogP contribution < -0.4 is 0 Å². The van der Waals surface area contributed by atoms with Gasteiger partial charge in [0.25, 0.3) is 10.1 Å². The lowest BCUT2D eigenvalue weighted by molar-refractivity contribution is 0.0337. The van der Waals surface area contributed by atoms with Crippen LogP contribution in [0.1, 0.15) is 5.56 Å². The Bertz CT molecular complexity index is 585. The predicted molar refractivity (Wildman–Crippen MR) is 75.4 cm³/mol. The van der Waals surface area contributed by atoms with Crippen LogP contribution in [0.15, 0.2) is 29.2 Å². The lowest BCUT2D eigenvalue weighted by Crippen LogP contribution is -2.33. The molecule has 1 aromatic rings. The Kier molecular flexibility index (Phi) is 3.89. The van der Waals surface area contributed by atoms with Crippen molar-refractivity contribution < 1.29 is 22.1 Å². The lowest BCUT2D eigenvalue weighted by atomic mass is 10.1. The smallest absolute Gasteiger partial charge is 0.297 e. The van der Waals surface area contributed by atoms with Crippen LogP contribution in [0.5, 0.6) is 0 Å². The molecule has 0 bridgehead atoms. The zero-order valence-corrected chi connectivity index (χ0v) is 13.3. The zero-order chi connectivity index (χ0) is 14.3. The third-order valence-electron chi connectivity index (χ3n) is 3.51. The van der Waals surface area contributed by atoms with Crippen molar-refractivity contribution in [2.24, 2.45) is 0 Å². The minimum absolute atomic E-state index is 0.0863. The van der Waals surface area contributed by atoms with Gasteiger partial charge in [-0.2, -0.15) is 8.42 Å². The highest BCUT2D eigenvalue weighted by Gasteiger charge is 2.49. The van der Waals surface area contributed by atoms with E-state index in [1.807, 2.05) is 6.92 Å². The average molecular weight is 363 g/mol. The molecule has 7 heteroatoms. The van der Waals surface area contributed by atoms with E-state index in [1.54, 1.807) is 24.3 Å². The number of fused-ring (bicyclic) bond motifs is 1. The largest absolute Gasteiger partial charge is 0.371 e. The fraction of sp³-hybridized carbons (Fsp3) is 0.538. The number of halogens is 1. The molecule has 2 aliphatic heterocycles. The van der Waals surface area contributed by atoms with E-state index in [-0.39, 0.29) is 28.5 Å². The molecule has 0 N–H and O–H groups in total. The van der Waals surface area contributed by atoms with E-state index in [1.165, 1.54) is 0 Å². The van der Waals surface area contributed by atoms with Crippen molar-refractivity contribution in [2.75, 3.05) is 13.2 Å². The van der Waals surface area contributed by atoms with E-state index < -0.39 is 16.2 Å². The Morgan fingerprint density at radius 2 is 1.80 bits per heavy atom. The Labute approximate surface area is 126 Å². The van der Waals surface area contributed by atoms with Gasteiger partial charge in [0.05, 0.1) is 22.9 Å². The summed E-state index contributed by atoms with van der Waals surface area (Å²) in [7, 11) is -3.79. The maximum Gasteiger partial charge on any atom is 0.297 e. The SMILES string of the molecule is Cc1ccc(S(=O)(=O)O[C@H]2COC3[C@H]2OC[C@@H]3Br)cc1. The van der Waals surface area contributed by atoms with E-state index in [2.05, 4.69) is 15.9 Å². The standard InChI is InChI=1S/C13H15BrO5S/c1-8-2-4-9(5-3-8)20(15,16)19-11-7-18-12-10(14)6-17-13(11)12/h2-5,10-13H,6-7H2,1H3/t10-,11-,12?,13-/m0/s1. The Balaban J connectivity index is 1.76. The molecule has 0 aliphatic carbocycles. The van der Waals surface area contributed by atoms with Gasteiger partial charge in [-0.1, -0.05) is 33.6 Å². The van der Waals surface area contributed by atoms with Gasteiger partial charge in [0.2, 0.25) is 0 Å². The Morgan fingerprint density at radius 3 is 2.50 bits per heavy atom. The van der Waals surface area contributed by atoms with Crippen LogP contribution in [-0.4, -0.2) is 44.8 Å². The summed E-state index contributed by atoms with van der Waals surface area (Å²) < 4.78 is 40.8. The highest BCUT2D eigenvalue weighted by atomic mass is 79.9. The quantitative estimate of drug-likeness (QED) is 0.604. The van der Waals surface area contributed by atoms with Gasteiger partial charge < -0.3 is 9.47 Å². The summed E-state index contributed by atoms with van der Waals surface area (Å²) in [4.78, 5) is 0.239. The average Bonchev–Trinajstić information content (AvgIpc) is 2.95. The van der Waals surface area contributed by atoms with Crippen molar-refractivity contribution in [3.8, 4) is 0 Å². The first-order valence-corrected chi connectivity index (χ1v) is 8.67. The lowest BCUT2D eigenvalue weighted by Gasteiger charge is -2.16. The van der Waals surface area contributed by atoms with Crippen LogP contribution in [0.3, 0.4) is 0 Å². The summed E-state index contributed by atoms with van der Waals surface area (Å²) in [6.45, 7) is 2.62. The molecule has 2 fully saturated rings. The zero-order valence-electron chi connectivity index (χ0n) is 10.9. The van der Waals surface area contributed by atoms with Crippen molar-refractivity contribution in [1.82, 2.24) is 0 Å². The van der Waals surface area contributed by atoms with Crippen LogP contribution in [0.2, 0.25) is 0 Å². The van der Waals surface area contributed by atoms with E-state index in [4.69, 9.17) is 13.7 Å². The fourth-order valence-electron chi connectivity index (χ4n) is 2.42. The van der Waals surface area contributed by atoms with Gasteiger partial charge in [0, 0.05) is 0 Å². The van der Waals surface area contributed by atoms with Crippen LogP contribution in [0.4, 0.5) is 0 Å². The second-order valence-electron chi connectivity index (χ2n) is 5.01. The first-order chi connectivity index (χ1) is 9.47. The molecule has 2 aliphatic rings. The number of ether oxygens (including phenoxy) is 2. The minimum Gasteiger partial charge on any atom is -0.371 e.